The van der Waals surface area contributed by atoms with Gasteiger partial charge in [0.25, 0.3) is 0 Å². The van der Waals surface area contributed by atoms with E-state index in [1.165, 1.54) is 16.2 Å². The Morgan fingerprint density at radius 1 is 1.30 bits per heavy atom. The molecule has 0 radical (unpaired) electrons. The van der Waals surface area contributed by atoms with Crippen LogP contribution in [0.15, 0.2) is 46.9 Å². The third-order valence-corrected chi connectivity index (χ3v) is 5.26. The molecule has 104 valence electrons. The number of hydrogen-bond donors (Lipinski definition) is 1. The lowest BCUT2D eigenvalue weighted by Crippen LogP contribution is -2.23. The maximum absolute atomic E-state index is 5.97. The van der Waals surface area contributed by atoms with Crippen LogP contribution in [0.3, 0.4) is 0 Å². The Morgan fingerprint density at radius 3 is 2.75 bits per heavy atom. The normalized spacial score (nSPS) is 21.6. The van der Waals surface area contributed by atoms with Crippen LogP contribution in [0.2, 0.25) is 5.02 Å². The smallest absolute Gasteiger partial charge is 0.0838 e. The molecule has 3 rings (SSSR count). The molecule has 2 nitrogen and oxygen atoms in total. The van der Waals surface area contributed by atoms with E-state index in [1.54, 1.807) is 11.3 Å². The number of hydrogen-bond acceptors (Lipinski definition) is 4. The summed E-state index contributed by atoms with van der Waals surface area (Å²) in [6, 6.07) is 12.5. The molecular weight excluding hydrogens is 308 g/mol. The minimum atomic E-state index is 0.233. The van der Waals surface area contributed by atoms with E-state index >= 15 is 0 Å². The summed E-state index contributed by atoms with van der Waals surface area (Å²) in [5.41, 5.74) is 5.72. The van der Waals surface area contributed by atoms with Gasteiger partial charge in [-0.2, -0.15) is 16.9 Å². The fourth-order valence-corrected chi connectivity index (χ4v) is 4.08. The molecule has 0 fully saturated rings. The highest BCUT2D eigenvalue weighted by atomic mass is 35.5. The summed E-state index contributed by atoms with van der Waals surface area (Å²) in [5.74, 6) is 1.45. The summed E-state index contributed by atoms with van der Waals surface area (Å²) in [6.45, 7) is 0. The zero-order chi connectivity index (χ0) is 13.9. The first-order valence-electron chi connectivity index (χ1n) is 6.41. The van der Waals surface area contributed by atoms with Gasteiger partial charge in [-0.05, 0) is 35.4 Å². The average molecular weight is 323 g/mol. The number of nitrogens with zero attached hydrogens (tertiary/aromatic N) is 1. The summed E-state index contributed by atoms with van der Waals surface area (Å²) >= 11 is 9.58. The van der Waals surface area contributed by atoms with E-state index in [-0.39, 0.29) is 6.04 Å². The topological polar surface area (TPSA) is 24.4 Å². The third-order valence-electron chi connectivity index (χ3n) is 3.43. The van der Waals surface area contributed by atoms with E-state index in [0.717, 1.165) is 10.8 Å². The highest BCUT2D eigenvalue weighted by Crippen LogP contribution is 2.34. The SMILES string of the molecule is CSCC1C(c2cccs2)=NNC1c1ccc(Cl)cc1. The van der Waals surface area contributed by atoms with E-state index in [4.69, 9.17) is 11.6 Å². The Kier molecular flexibility index (Phi) is 4.34. The lowest BCUT2D eigenvalue weighted by molar-refractivity contribution is 0.531. The lowest BCUT2D eigenvalue weighted by Gasteiger charge is -2.20. The maximum atomic E-state index is 5.97. The predicted octanol–water partition coefficient (Wildman–Crippen LogP) is 4.43. The maximum Gasteiger partial charge on any atom is 0.0838 e. The van der Waals surface area contributed by atoms with Crippen LogP contribution < -0.4 is 5.43 Å². The largest absolute Gasteiger partial charge is 0.302 e. The zero-order valence-corrected chi connectivity index (χ0v) is 13.4. The van der Waals surface area contributed by atoms with Gasteiger partial charge in [-0.25, -0.2) is 0 Å². The van der Waals surface area contributed by atoms with E-state index in [1.807, 2.05) is 23.9 Å². The average Bonchev–Trinajstić information content (AvgIpc) is 3.09. The minimum absolute atomic E-state index is 0.233. The van der Waals surface area contributed by atoms with E-state index in [2.05, 4.69) is 46.4 Å². The summed E-state index contributed by atoms with van der Waals surface area (Å²) in [4.78, 5) is 1.26. The second-order valence-electron chi connectivity index (χ2n) is 4.69. The number of benzene rings is 1. The molecule has 5 heteroatoms. The number of thioether (sulfide) groups is 1. The van der Waals surface area contributed by atoms with Gasteiger partial charge in [0, 0.05) is 16.7 Å². The van der Waals surface area contributed by atoms with Crippen molar-refractivity contribution in [1.82, 2.24) is 5.43 Å². The standard InChI is InChI=1S/C15H15ClN2S2/c1-19-9-12-14(10-4-6-11(16)7-5-10)17-18-15(12)13-3-2-8-20-13/h2-8,12,14,17H,9H2,1H3. The van der Waals surface area contributed by atoms with Gasteiger partial charge in [-0.1, -0.05) is 29.8 Å². The third kappa shape index (κ3) is 2.73. The minimum Gasteiger partial charge on any atom is -0.302 e. The molecule has 0 spiro atoms. The summed E-state index contributed by atoms with van der Waals surface area (Å²) in [7, 11) is 0. The molecule has 0 saturated heterocycles. The molecule has 20 heavy (non-hydrogen) atoms. The van der Waals surface area contributed by atoms with Crippen LogP contribution in [0.1, 0.15) is 16.5 Å². The zero-order valence-electron chi connectivity index (χ0n) is 11.0. The van der Waals surface area contributed by atoms with Crippen molar-refractivity contribution in [2.24, 2.45) is 11.0 Å². The number of nitrogens with one attached hydrogen (secondary N) is 1. The molecule has 2 atom stereocenters. The van der Waals surface area contributed by atoms with Gasteiger partial charge < -0.3 is 5.43 Å². The Balaban J connectivity index is 1.88. The van der Waals surface area contributed by atoms with Gasteiger partial charge in [-0.3, -0.25) is 0 Å². The van der Waals surface area contributed by atoms with Gasteiger partial charge in [0.1, 0.15) is 0 Å². The Hall–Kier alpha value is -0.970. The molecular formula is C15H15ClN2S2. The molecule has 1 N–H and O–H groups in total. The van der Waals surface area contributed by atoms with Crippen LogP contribution in [-0.4, -0.2) is 17.7 Å². The summed E-state index contributed by atoms with van der Waals surface area (Å²) in [6.07, 6.45) is 2.14. The van der Waals surface area contributed by atoms with Gasteiger partial charge in [0.2, 0.25) is 0 Å². The quantitative estimate of drug-likeness (QED) is 0.900. The molecule has 0 aliphatic carbocycles. The Morgan fingerprint density at radius 2 is 2.10 bits per heavy atom. The van der Waals surface area contributed by atoms with Crippen molar-refractivity contribution >= 4 is 40.4 Å². The molecule has 2 aromatic rings. The first kappa shape index (κ1) is 14.0. The molecule has 1 aromatic carbocycles. The van der Waals surface area contributed by atoms with Crippen molar-refractivity contribution in [3.8, 4) is 0 Å². The van der Waals surface area contributed by atoms with Crippen molar-refractivity contribution in [3.05, 3.63) is 57.2 Å². The van der Waals surface area contributed by atoms with Crippen LogP contribution >= 0.6 is 34.7 Å². The highest BCUT2D eigenvalue weighted by molar-refractivity contribution is 7.98. The molecule has 1 aliphatic rings. The Labute approximate surface area is 132 Å². The molecule has 1 aliphatic heterocycles. The van der Waals surface area contributed by atoms with Crippen LogP contribution in [0.5, 0.6) is 0 Å². The molecule has 0 saturated carbocycles. The van der Waals surface area contributed by atoms with Gasteiger partial charge in [-0.15, -0.1) is 11.3 Å². The molecule has 2 heterocycles. The van der Waals surface area contributed by atoms with Crippen LogP contribution in [-0.2, 0) is 0 Å². The molecule has 1 aromatic heterocycles. The van der Waals surface area contributed by atoms with Crippen molar-refractivity contribution in [2.75, 3.05) is 12.0 Å². The van der Waals surface area contributed by atoms with E-state index in [0.29, 0.717) is 5.92 Å². The van der Waals surface area contributed by atoms with Crippen LogP contribution in [0.4, 0.5) is 0 Å². The number of hydrazone groups is 1. The van der Waals surface area contributed by atoms with Gasteiger partial charge in [0.05, 0.1) is 16.6 Å². The number of thiophene rings is 1. The first-order chi connectivity index (χ1) is 9.79. The van der Waals surface area contributed by atoms with Crippen LogP contribution in [0, 0.1) is 5.92 Å². The predicted molar refractivity (Wildman–Crippen MR) is 90.1 cm³/mol. The van der Waals surface area contributed by atoms with Crippen molar-refractivity contribution < 1.29 is 0 Å². The summed E-state index contributed by atoms with van der Waals surface area (Å²) < 4.78 is 0. The Bertz CT molecular complexity index is 593. The van der Waals surface area contributed by atoms with Gasteiger partial charge >= 0.3 is 0 Å². The van der Waals surface area contributed by atoms with Crippen molar-refractivity contribution in [3.63, 3.8) is 0 Å². The highest BCUT2D eigenvalue weighted by Gasteiger charge is 2.33. The number of halogens is 1. The monoisotopic (exact) mass is 322 g/mol. The van der Waals surface area contributed by atoms with Gasteiger partial charge in [0.15, 0.2) is 0 Å². The molecule has 0 amide bonds. The second-order valence-corrected chi connectivity index (χ2v) is 6.99. The lowest BCUT2D eigenvalue weighted by atomic mass is 9.91. The summed E-state index contributed by atoms with van der Waals surface area (Å²) in [5, 5.41) is 7.46. The van der Waals surface area contributed by atoms with E-state index < -0.39 is 0 Å². The molecule has 2 unspecified atom stereocenters. The van der Waals surface area contributed by atoms with E-state index in [9.17, 15) is 0 Å². The molecule has 0 bridgehead atoms. The van der Waals surface area contributed by atoms with Crippen molar-refractivity contribution in [1.29, 1.82) is 0 Å². The fourth-order valence-electron chi connectivity index (χ4n) is 2.46. The first-order valence-corrected chi connectivity index (χ1v) is 9.06. The second kappa shape index (κ2) is 6.20. The number of rotatable bonds is 4. The van der Waals surface area contributed by atoms with Crippen molar-refractivity contribution in [2.45, 2.75) is 6.04 Å². The van der Waals surface area contributed by atoms with Crippen LogP contribution in [0.25, 0.3) is 0 Å². The fraction of sp³-hybridized carbons (Fsp3) is 0.267.